The van der Waals surface area contributed by atoms with Gasteiger partial charge in [0.05, 0.1) is 5.41 Å². The lowest BCUT2D eigenvalue weighted by atomic mass is 9.76. The van der Waals surface area contributed by atoms with Gasteiger partial charge in [0.2, 0.25) is 5.91 Å². The molecule has 1 aromatic carbocycles. The first-order chi connectivity index (χ1) is 16.9. The van der Waals surface area contributed by atoms with Crippen LogP contribution in [0.15, 0.2) is 48.9 Å². The van der Waals surface area contributed by atoms with Gasteiger partial charge in [-0.2, -0.15) is 5.10 Å². The lowest BCUT2D eigenvalue weighted by Gasteiger charge is -2.47. The average molecular weight is 472 g/mol. The molecule has 2 aliphatic heterocycles. The van der Waals surface area contributed by atoms with Crippen molar-refractivity contribution in [2.24, 2.45) is 5.41 Å². The minimum atomic E-state index is -0.344. The van der Waals surface area contributed by atoms with E-state index in [2.05, 4.69) is 65.2 Å². The number of rotatable bonds is 7. The third-order valence-electron chi connectivity index (χ3n) is 7.43. The second-order valence-electron chi connectivity index (χ2n) is 10.1. The average Bonchev–Trinajstić information content (AvgIpc) is 3.30. The summed E-state index contributed by atoms with van der Waals surface area (Å²) in [6, 6.07) is 10.6. The van der Waals surface area contributed by atoms with Crippen molar-refractivity contribution in [3.8, 4) is 0 Å². The molecular formula is C28H33N5O2. The topological polar surface area (TPSA) is 70.8 Å². The first kappa shape index (κ1) is 23.3. The van der Waals surface area contributed by atoms with Gasteiger partial charge in [-0.3, -0.25) is 9.59 Å². The number of fused-ring (bicyclic) bond motifs is 1. The van der Waals surface area contributed by atoms with Gasteiger partial charge in [-0.1, -0.05) is 42.8 Å². The number of hydrogen-bond acceptors (Lipinski definition) is 5. The van der Waals surface area contributed by atoms with E-state index in [9.17, 15) is 9.59 Å². The van der Waals surface area contributed by atoms with Crippen LogP contribution in [0.5, 0.6) is 0 Å². The molecule has 0 aliphatic carbocycles. The fourth-order valence-corrected chi connectivity index (χ4v) is 5.15. The molecular weight excluding hydrogens is 438 g/mol. The van der Waals surface area contributed by atoms with E-state index in [4.69, 9.17) is 0 Å². The van der Waals surface area contributed by atoms with Gasteiger partial charge >= 0.3 is 0 Å². The van der Waals surface area contributed by atoms with Crippen LogP contribution in [0.3, 0.4) is 0 Å². The van der Waals surface area contributed by atoms with Crippen LogP contribution < -0.4 is 4.90 Å². The Morgan fingerprint density at radius 1 is 1.14 bits per heavy atom. The standard InChI is InChI=1S/C28H33N5O2/c1-4-26(35)31-13-11-22(12-14-31)23-15-24-27(29-19-30-33(24)16-23)32-17-28(3,18-32)25(34)10-9-21-7-5-20(2)6-8-21/h5-8,11,15-16,19H,4,9-10,12-14,17-18H2,1-3H3. The number of nitrogens with zero attached hydrogens (tertiary/aromatic N) is 5. The quantitative estimate of drug-likeness (QED) is 0.519. The minimum absolute atomic E-state index is 0.199. The number of anilines is 1. The number of aryl methyl sites for hydroxylation is 2. The van der Waals surface area contributed by atoms with E-state index in [1.165, 1.54) is 16.7 Å². The summed E-state index contributed by atoms with van der Waals surface area (Å²) in [6.45, 7) is 8.79. The number of Topliss-reactive ketones (excluding diaryl/α,β-unsaturated/α-hetero) is 1. The summed E-state index contributed by atoms with van der Waals surface area (Å²) >= 11 is 0. The lowest BCUT2D eigenvalue weighted by molar-refractivity contribution is -0.130. The van der Waals surface area contributed by atoms with E-state index < -0.39 is 0 Å². The van der Waals surface area contributed by atoms with E-state index in [1.54, 1.807) is 6.33 Å². The van der Waals surface area contributed by atoms with Crippen molar-refractivity contribution in [3.63, 3.8) is 0 Å². The molecule has 3 aromatic rings. The zero-order valence-corrected chi connectivity index (χ0v) is 20.8. The van der Waals surface area contributed by atoms with Crippen LogP contribution >= 0.6 is 0 Å². The highest BCUT2D eigenvalue weighted by Gasteiger charge is 2.45. The predicted molar refractivity (Wildman–Crippen MR) is 137 cm³/mol. The molecule has 5 rings (SSSR count). The zero-order valence-electron chi connectivity index (χ0n) is 20.8. The molecule has 2 aliphatic rings. The highest BCUT2D eigenvalue weighted by atomic mass is 16.2. The molecule has 0 radical (unpaired) electrons. The fourth-order valence-electron chi connectivity index (χ4n) is 5.15. The Kier molecular flexibility index (Phi) is 6.17. The SMILES string of the molecule is CCC(=O)N1CC=C(c2cc3c(N4CC(C)(C(=O)CCc5ccc(C)cc5)C4)ncnn3c2)CC1. The summed E-state index contributed by atoms with van der Waals surface area (Å²) in [7, 11) is 0. The molecule has 182 valence electrons. The van der Waals surface area contributed by atoms with Crippen molar-refractivity contribution in [3.05, 3.63) is 65.6 Å². The monoisotopic (exact) mass is 471 g/mol. The highest BCUT2D eigenvalue weighted by molar-refractivity contribution is 5.89. The molecule has 4 heterocycles. The molecule has 0 atom stereocenters. The Hall–Kier alpha value is -3.48. The number of carbonyl (C=O) groups is 2. The molecule has 0 bridgehead atoms. The van der Waals surface area contributed by atoms with E-state index in [1.807, 2.05) is 22.5 Å². The van der Waals surface area contributed by atoms with Gasteiger partial charge in [0, 0.05) is 45.2 Å². The van der Waals surface area contributed by atoms with Gasteiger partial charge < -0.3 is 9.80 Å². The third kappa shape index (κ3) is 4.59. The van der Waals surface area contributed by atoms with Gasteiger partial charge in [0.15, 0.2) is 5.82 Å². The number of amides is 1. The predicted octanol–water partition coefficient (Wildman–Crippen LogP) is 4.09. The normalized spacial score (nSPS) is 17.3. The Morgan fingerprint density at radius 3 is 2.60 bits per heavy atom. The first-order valence-corrected chi connectivity index (χ1v) is 12.5. The number of benzene rings is 1. The Bertz CT molecular complexity index is 1280. The molecule has 0 unspecified atom stereocenters. The van der Waals surface area contributed by atoms with E-state index >= 15 is 0 Å². The minimum Gasteiger partial charge on any atom is -0.353 e. The van der Waals surface area contributed by atoms with Crippen molar-refractivity contribution >= 4 is 28.6 Å². The van der Waals surface area contributed by atoms with Crippen LogP contribution in [-0.4, -0.2) is 57.4 Å². The number of carbonyl (C=O) groups excluding carboxylic acids is 2. The van der Waals surface area contributed by atoms with Crippen molar-refractivity contribution < 1.29 is 9.59 Å². The summed E-state index contributed by atoms with van der Waals surface area (Å²) in [6.07, 6.45) is 8.49. The summed E-state index contributed by atoms with van der Waals surface area (Å²) in [4.78, 5) is 33.7. The maximum atomic E-state index is 13.0. The van der Waals surface area contributed by atoms with Crippen LogP contribution in [0.1, 0.15) is 49.8 Å². The third-order valence-corrected chi connectivity index (χ3v) is 7.43. The van der Waals surface area contributed by atoms with Crippen LogP contribution in [0.2, 0.25) is 0 Å². The molecule has 0 spiro atoms. The summed E-state index contributed by atoms with van der Waals surface area (Å²) < 4.78 is 1.87. The van der Waals surface area contributed by atoms with E-state index in [0.717, 1.165) is 36.3 Å². The van der Waals surface area contributed by atoms with Crippen LogP contribution in [0.4, 0.5) is 5.82 Å². The van der Waals surface area contributed by atoms with Crippen LogP contribution in [0, 0.1) is 12.3 Å². The van der Waals surface area contributed by atoms with Gasteiger partial charge in [-0.25, -0.2) is 9.50 Å². The highest BCUT2D eigenvalue weighted by Crippen LogP contribution is 2.37. The van der Waals surface area contributed by atoms with Crippen molar-refractivity contribution in [1.29, 1.82) is 0 Å². The second-order valence-corrected chi connectivity index (χ2v) is 10.1. The smallest absolute Gasteiger partial charge is 0.222 e. The molecule has 0 N–H and O–H groups in total. The van der Waals surface area contributed by atoms with Crippen molar-refractivity contribution in [2.45, 2.75) is 46.5 Å². The number of hydrogen-bond donors (Lipinski definition) is 0. The van der Waals surface area contributed by atoms with E-state index in [-0.39, 0.29) is 11.3 Å². The van der Waals surface area contributed by atoms with Gasteiger partial charge in [0.1, 0.15) is 17.6 Å². The summed E-state index contributed by atoms with van der Waals surface area (Å²) in [5, 5.41) is 4.42. The van der Waals surface area contributed by atoms with Crippen LogP contribution in [0.25, 0.3) is 11.1 Å². The lowest BCUT2D eigenvalue weighted by Crippen LogP contribution is -2.59. The zero-order chi connectivity index (χ0) is 24.6. The maximum absolute atomic E-state index is 13.0. The molecule has 7 heteroatoms. The molecule has 2 aromatic heterocycles. The molecule has 7 nitrogen and oxygen atoms in total. The summed E-state index contributed by atoms with van der Waals surface area (Å²) in [5.41, 5.74) is 5.41. The Labute approximate surface area is 206 Å². The Morgan fingerprint density at radius 2 is 1.91 bits per heavy atom. The molecule has 1 saturated heterocycles. The Balaban J connectivity index is 1.26. The second kappa shape index (κ2) is 9.29. The van der Waals surface area contributed by atoms with Crippen LogP contribution in [-0.2, 0) is 16.0 Å². The maximum Gasteiger partial charge on any atom is 0.222 e. The van der Waals surface area contributed by atoms with E-state index in [0.29, 0.717) is 38.3 Å². The molecule has 1 fully saturated rings. The van der Waals surface area contributed by atoms with Gasteiger partial charge in [0.25, 0.3) is 0 Å². The molecule has 1 amide bonds. The fraction of sp³-hybridized carbons (Fsp3) is 0.429. The van der Waals surface area contributed by atoms with Gasteiger partial charge in [-0.05, 0) is 49.5 Å². The molecule has 35 heavy (non-hydrogen) atoms. The summed E-state index contributed by atoms with van der Waals surface area (Å²) in [5.74, 6) is 1.38. The number of aromatic nitrogens is 3. The van der Waals surface area contributed by atoms with Gasteiger partial charge in [-0.15, -0.1) is 0 Å². The first-order valence-electron chi connectivity index (χ1n) is 12.5. The van der Waals surface area contributed by atoms with Crippen molar-refractivity contribution in [2.75, 3.05) is 31.1 Å². The van der Waals surface area contributed by atoms with Crippen molar-refractivity contribution in [1.82, 2.24) is 19.5 Å². The molecule has 0 saturated carbocycles. The largest absolute Gasteiger partial charge is 0.353 e. The number of ketones is 1.